The van der Waals surface area contributed by atoms with Gasteiger partial charge in [-0.25, -0.2) is 8.78 Å². The number of ether oxygens (including phenoxy) is 1. The zero-order valence-electron chi connectivity index (χ0n) is 19.1. The maximum Gasteiger partial charge on any atom is 0.193 e. The highest BCUT2D eigenvalue weighted by molar-refractivity contribution is 14.0. The molecule has 2 fully saturated rings. The van der Waals surface area contributed by atoms with Gasteiger partial charge in [-0.3, -0.25) is 4.99 Å². The summed E-state index contributed by atoms with van der Waals surface area (Å²) in [6, 6.07) is 12.2. The molecule has 4 rings (SSSR count). The van der Waals surface area contributed by atoms with Gasteiger partial charge in [-0.15, -0.1) is 24.0 Å². The smallest absolute Gasteiger partial charge is 0.193 e. The molecule has 9 heteroatoms. The maximum atomic E-state index is 13.6. The SMILES string of the molecule is CN=C(NCC1CCN(c2ccc(F)c(F)c2)C1)N1CCN(c2ccccc2OC)CC1.I. The summed E-state index contributed by atoms with van der Waals surface area (Å²) in [7, 11) is 3.52. The summed E-state index contributed by atoms with van der Waals surface area (Å²) in [5.74, 6) is 0.637. The van der Waals surface area contributed by atoms with Crippen LogP contribution in [0.4, 0.5) is 20.2 Å². The highest BCUT2D eigenvalue weighted by atomic mass is 127. The standard InChI is InChI=1S/C24H31F2N5O.HI/c1-27-24(30-13-11-29(12-14-30)22-5-3-4-6-23(22)32-2)28-16-18-9-10-31(17-18)19-7-8-20(25)21(26)15-19;/h3-8,15,18H,9-14,16-17H2,1-2H3,(H,27,28);1H. The van der Waals surface area contributed by atoms with E-state index < -0.39 is 11.6 Å². The number of guanidine groups is 1. The number of nitrogens with one attached hydrogen (secondary N) is 1. The van der Waals surface area contributed by atoms with Gasteiger partial charge in [0.1, 0.15) is 5.75 Å². The molecule has 1 atom stereocenters. The lowest BCUT2D eigenvalue weighted by molar-refractivity contribution is 0.364. The molecule has 1 unspecified atom stereocenters. The zero-order chi connectivity index (χ0) is 22.5. The van der Waals surface area contributed by atoms with E-state index >= 15 is 0 Å². The fraction of sp³-hybridized carbons (Fsp3) is 0.458. The molecule has 0 spiro atoms. The largest absolute Gasteiger partial charge is 0.495 e. The van der Waals surface area contributed by atoms with Crippen LogP contribution in [0.3, 0.4) is 0 Å². The summed E-state index contributed by atoms with van der Waals surface area (Å²) in [5.41, 5.74) is 1.86. The third kappa shape index (κ3) is 5.99. The molecule has 0 amide bonds. The Morgan fingerprint density at radius 3 is 2.48 bits per heavy atom. The summed E-state index contributed by atoms with van der Waals surface area (Å²) in [5, 5.41) is 3.52. The van der Waals surface area contributed by atoms with E-state index in [-0.39, 0.29) is 24.0 Å². The first-order valence-electron chi connectivity index (χ1n) is 11.1. The van der Waals surface area contributed by atoms with Crippen molar-refractivity contribution in [3.8, 4) is 5.75 Å². The van der Waals surface area contributed by atoms with Crippen LogP contribution in [0.5, 0.6) is 5.75 Å². The molecule has 2 aromatic rings. The fourth-order valence-corrected chi connectivity index (χ4v) is 4.53. The van der Waals surface area contributed by atoms with Crippen LogP contribution in [0.1, 0.15) is 6.42 Å². The predicted molar refractivity (Wildman–Crippen MR) is 140 cm³/mol. The lowest BCUT2D eigenvalue weighted by Crippen LogP contribution is -2.53. The molecule has 6 nitrogen and oxygen atoms in total. The first-order valence-corrected chi connectivity index (χ1v) is 11.1. The van der Waals surface area contributed by atoms with Crippen LogP contribution >= 0.6 is 24.0 Å². The Bertz CT molecular complexity index is 952. The minimum absolute atomic E-state index is 0. The van der Waals surface area contributed by atoms with Crippen LogP contribution in [0, 0.1) is 17.6 Å². The van der Waals surface area contributed by atoms with Gasteiger partial charge in [0.05, 0.1) is 12.8 Å². The lowest BCUT2D eigenvalue weighted by Gasteiger charge is -2.38. The van der Waals surface area contributed by atoms with Crippen molar-refractivity contribution < 1.29 is 13.5 Å². The molecular formula is C24H32F2IN5O. The van der Waals surface area contributed by atoms with Gasteiger partial charge < -0.3 is 24.8 Å². The number of benzene rings is 2. The van der Waals surface area contributed by atoms with Crippen molar-refractivity contribution in [3.05, 3.63) is 54.1 Å². The lowest BCUT2D eigenvalue weighted by atomic mass is 10.1. The topological polar surface area (TPSA) is 43.3 Å². The van der Waals surface area contributed by atoms with Crippen LogP contribution < -0.4 is 19.9 Å². The van der Waals surface area contributed by atoms with Gasteiger partial charge in [-0.1, -0.05) is 12.1 Å². The van der Waals surface area contributed by atoms with Crippen LogP contribution in [0.2, 0.25) is 0 Å². The Balaban J connectivity index is 0.00000306. The molecular weight excluding hydrogens is 539 g/mol. The quantitative estimate of drug-likeness (QED) is 0.336. The van der Waals surface area contributed by atoms with Crippen molar-refractivity contribution in [2.75, 3.05) is 69.8 Å². The van der Waals surface area contributed by atoms with Crippen LogP contribution in [-0.4, -0.2) is 70.8 Å². The first-order chi connectivity index (χ1) is 15.6. The number of rotatable bonds is 5. The first kappa shape index (κ1) is 25.3. The fourth-order valence-electron chi connectivity index (χ4n) is 4.53. The maximum absolute atomic E-state index is 13.6. The minimum atomic E-state index is -0.805. The van der Waals surface area contributed by atoms with Crippen LogP contribution in [0.15, 0.2) is 47.5 Å². The van der Waals surface area contributed by atoms with E-state index in [2.05, 4.69) is 31.1 Å². The summed E-state index contributed by atoms with van der Waals surface area (Å²) in [6.07, 6.45) is 1.00. The Morgan fingerprint density at radius 2 is 1.79 bits per heavy atom. The van der Waals surface area contributed by atoms with Crippen molar-refractivity contribution in [3.63, 3.8) is 0 Å². The normalized spacial score (nSPS) is 18.8. The summed E-state index contributed by atoms with van der Waals surface area (Å²) < 4.78 is 32.3. The Hall–Kier alpha value is -2.30. The number of anilines is 2. The molecule has 0 radical (unpaired) electrons. The Morgan fingerprint density at radius 1 is 1.03 bits per heavy atom. The number of aliphatic imine (C=N–C) groups is 1. The van der Waals surface area contributed by atoms with E-state index in [9.17, 15) is 8.78 Å². The van der Waals surface area contributed by atoms with E-state index in [0.29, 0.717) is 5.92 Å². The number of hydrogen-bond donors (Lipinski definition) is 1. The van der Waals surface area contributed by atoms with Crippen molar-refractivity contribution >= 4 is 41.3 Å². The molecule has 0 aliphatic carbocycles. The number of piperazine rings is 1. The van der Waals surface area contributed by atoms with Gasteiger partial charge in [0.15, 0.2) is 17.6 Å². The minimum Gasteiger partial charge on any atom is -0.495 e. The van der Waals surface area contributed by atoms with E-state index in [0.717, 1.165) is 75.3 Å². The molecule has 0 aromatic heterocycles. The Labute approximate surface area is 211 Å². The summed E-state index contributed by atoms with van der Waals surface area (Å²) in [6.45, 7) is 6.01. The molecule has 2 aliphatic heterocycles. The molecule has 1 N–H and O–H groups in total. The van der Waals surface area contributed by atoms with E-state index in [1.54, 1.807) is 13.2 Å². The monoisotopic (exact) mass is 571 g/mol. The summed E-state index contributed by atoms with van der Waals surface area (Å²) >= 11 is 0. The van der Waals surface area contributed by atoms with E-state index in [1.807, 2.05) is 25.2 Å². The van der Waals surface area contributed by atoms with Crippen molar-refractivity contribution in [2.24, 2.45) is 10.9 Å². The summed E-state index contributed by atoms with van der Waals surface area (Å²) in [4.78, 5) is 11.2. The highest BCUT2D eigenvalue weighted by Gasteiger charge is 2.25. The van der Waals surface area contributed by atoms with Crippen molar-refractivity contribution in [1.29, 1.82) is 0 Å². The van der Waals surface area contributed by atoms with Gasteiger partial charge in [0.25, 0.3) is 0 Å². The van der Waals surface area contributed by atoms with E-state index in [1.165, 1.54) is 12.1 Å². The average Bonchev–Trinajstić information content (AvgIpc) is 3.30. The molecule has 2 aromatic carbocycles. The van der Waals surface area contributed by atoms with Gasteiger partial charge in [-0.05, 0) is 36.6 Å². The van der Waals surface area contributed by atoms with Crippen LogP contribution in [-0.2, 0) is 0 Å². The molecule has 0 bridgehead atoms. The number of methoxy groups -OCH3 is 1. The van der Waals surface area contributed by atoms with Gasteiger partial charge in [-0.2, -0.15) is 0 Å². The van der Waals surface area contributed by atoms with E-state index in [4.69, 9.17) is 4.74 Å². The average molecular weight is 571 g/mol. The molecule has 33 heavy (non-hydrogen) atoms. The Kier molecular flexibility index (Phi) is 8.99. The number of hydrogen-bond acceptors (Lipinski definition) is 4. The number of para-hydroxylation sites is 2. The van der Waals surface area contributed by atoms with Gasteiger partial charge in [0.2, 0.25) is 0 Å². The van der Waals surface area contributed by atoms with Crippen molar-refractivity contribution in [1.82, 2.24) is 10.2 Å². The number of halogens is 3. The van der Waals surface area contributed by atoms with Crippen molar-refractivity contribution in [2.45, 2.75) is 6.42 Å². The predicted octanol–water partition coefficient (Wildman–Crippen LogP) is 3.82. The molecule has 2 saturated heterocycles. The zero-order valence-corrected chi connectivity index (χ0v) is 21.5. The van der Waals surface area contributed by atoms with Gasteiger partial charge in [0, 0.05) is 64.6 Å². The molecule has 2 aliphatic rings. The van der Waals surface area contributed by atoms with Gasteiger partial charge >= 0.3 is 0 Å². The second kappa shape index (κ2) is 11.7. The molecule has 2 heterocycles. The third-order valence-electron chi connectivity index (χ3n) is 6.32. The number of nitrogens with zero attached hydrogens (tertiary/aromatic N) is 4. The highest BCUT2D eigenvalue weighted by Crippen LogP contribution is 2.28. The molecule has 0 saturated carbocycles. The second-order valence-electron chi connectivity index (χ2n) is 8.27. The molecule has 180 valence electrons. The second-order valence-corrected chi connectivity index (χ2v) is 8.27. The van der Waals surface area contributed by atoms with Crippen LogP contribution in [0.25, 0.3) is 0 Å². The third-order valence-corrected chi connectivity index (χ3v) is 6.32.